The Labute approximate surface area is 75.7 Å². The van der Waals surface area contributed by atoms with Crippen molar-refractivity contribution in [2.24, 2.45) is 5.92 Å². The van der Waals surface area contributed by atoms with E-state index in [1.165, 1.54) is 0 Å². The first kappa shape index (κ1) is 8.46. The molecule has 0 aromatic rings. The van der Waals surface area contributed by atoms with Crippen molar-refractivity contribution in [1.29, 1.82) is 10.5 Å². The van der Waals surface area contributed by atoms with Gasteiger partial charge in [-0.05, 0) is 6.42 Å². The molecule has 2 aliphatic heterocycles. The number of nitriles is 2. The van der Waals surface area contributed by atoms with Crippen LogP contribution in [0.25, 0.3) is 0 Å². The van der Waals surface area contributed by atoms with Gasteiger partial charge in [-0.1, -0.05) is 0 Å². The molecule has 0 bridgehead atoms. The predicted octanol–water partition coefficient (Wildman–Crippen LogP) is -0.601. The second-order valence-corrected chi connectivity index (χ2v) is 3.30. The topological polar surface area (TPSA) is 80.3 Å². The lowest BCUT2D eigenvalue weighted by Gasteiger charge is -2.15. The molecule has 2 aliphatic rings. The van der Waals surface area contributed by atoms with Gasteiger partial charge in [-0.15, -0.1) is 0 Å². The van der Waals surface area contributed by atoms with Crippen LogP contribution in [0.15, 0.2) is 0 Å². The Morgan fingerprint density at radius 2 is 2.15 bits per heavy atom. The van der Waals surface area contributed by atoms with E-state index in [9.17, 15) is 5.11 Å². The molecule has 2 heterocycles. The number of hydrogen-bond acceptors (Lipinski definition) is 5. The quantitative estimate of drug-likeness (QED) is 0.537. The van der Waals surface area contributed by atoms with Crippen molar-refractivity contribution in [2.45, 2.75) is 24.7 Å². The summed E-state index contributed by atoms with van der Waals surface area (Å²) in [7, 11) is 0. The van der Waals surface area contributed by atoms with E-state index in [-0.39, 0.29) is 6.04 Å². The minimum Gasteiger partial charge on any atom is -0.391 e. The first-order chi connectivity index (χ1) is 6.27. The lowest BCUT2D eigenvalue weighted by molar-refractivity contribution is -0.137. The van der Waals surface area contributed by atoms with Crippen LogP contribution in [0.3, 0.4) is 0 Å². The maximum atomic E-state index is 9.53. The summed E-state index contributed by atoms with van der Waals surface area (Å²) in [6.45, 7) is 0.599. The third-order valence-corrected chi connectivity index (χ3v) is 2.59. The number of fused-ring (bicyclic) bond motifs is 1. The van der Waals surface area contributed by atoms with Crippen LogP contribution in [0.2, 0.25) is 0 Å². The summed E-state index contributed by atoms with van der Waals surface area (Å²) < 4.78 is 0. The number of hydroxylamine groups is 2. The number of aliphatic hydroxyl groups excluding tert-OH is 1. The van der Waals surface area contributed by atoms with E-state index < -0.39 is 18.1 Å². The van der Waals surface area contributed by atoms with Crippen molar-refractivity contribution >= 4 is 0 Å². The highest BCUT2D eigenvalue weighted by Gasteiger charge is 2.50. The van der Waals surface area contributed by atoms with Crippen LogP contribution in [0.5, 0.6) is 0 Å². The van der Waals surface area contributed by atoms with Gasteiger partial charge >= 0.3 is 0 Å². The Kier molecular flexibility index (Phi) is 1.93. The van der Waals surface area contributed by atoms with Crippen molar-refractivity contribution in [3.63, 3.8) is 0 Å². The highest BCUT2D eigenvalue weighted by Crippen LogP contribution is 2.34. The van der Waals surface area contributed by atoms with Crippen molar-refractivity contribution in [3.05, 3.63) is 0 Å². The fourth-order valence-electron chi connectivity index (χ4n) is 1.95. The maximum Gasteiger partial charge on any atom is 0.183 e. The standard InChI is InChI=1S/C8H9N3O2/c9-3-5-7(4-10)13-11-2-1-6(12)8(5)11/h5-8,12H,1-2H2/t5?,6-,7?,8?/m0/s1. The summed E-state index contributed by atoms with van der Waals surface area (Å²) in [5.41, 5.74) is 0. The minimum atomic E-state index is -0.718. The van der Waals surface area contributed by atoms with Gasteiger partial charge in [0.2, 0.25) is 0 Å². The average molecular weight is 179 g/mol. The third-order valence-electron chi connectivity index (χ3n) is 2.59. The number of aliphatic hydroxyl groups is 1. The number of rotatable bonds is 0. The van der Waals surface area contributed by atoms with Gasteiger partial charge in [0.05, 0.1) is 24.3 Å². The summed E-state index contributed by atoms with van der Waals surface area (Å²) in [6, 6.07) is 3.62. The number of nitrogens with zero attached hydrogens (tertiary/aromatic N) is 3. The Bertz CT molecular complexity index is 293. The van der Waals surface area contributed by atoms with E-state index in [0.29, 0.717) is 13.0 Å². The summed E-state index contributed by atoms with van der Waals surface area (Å²) in [4.78, 5) is 5.20. The van der Waals surface area contributed by atoms with Gasteiger partial charge in [-0.25, -0.2) is 0 Å². The van der Waals surface area contributed by atoms with Crippen molar-refractivity contribution in [3.8, 4) is 12.1 Å². The molecule has 0 aromatic carbocycles. The second kappa shape index (κ2) is 2.97. The van der Waals surface area contributed by atoms with Gasteiger partial charge in [0.1, 0.15) is 5.92 Å². The average Bonchev–Trinajstić information content (AvgIpc) is 2.65. The van der Waals surface area contributed by atoms with E-state index in [2.05, 4.69) is 0 Å². The molecule has 2 saturated heterocycles. The SMILES string of the molecule is N#CC1ON2CC[C@H](O)C2C1C#N. The van der Waals surface area contributed by atoms with E-state index in [1.54, 1.807) is 5.06 Å². The molecule has 2 rings (SSSR count). The first-order valence-electron chi connectivity index (χ1n) is 4.18. The molecule has 0 amide bonds. The van der Waals surface area contributed by atoms with E-state index in [1.807, 2.05) is 12.1 Å². The van der Waals surface area contributed by atoms with E-state index >= 15 is 0 Å². The summed E-state index contributed by atoms with van der Waals surface area (Å²) in [5.74, 6) is -0.525. The number of hydrogen-bond donors (Lipinski definition) is 1. The van der Waals surface area contributed by atoms with E-state index in [0.717, 1.165) is 0 Å². The van der Waals surface area contributed by atoms with Gasteiger partial charge in [0.15, 0.2) is 6.10 Å². The Morgan fingerprint density at radius 1 is 1.38 bits per heavy atom. The fourth-order valence-corrected chi connectivity index (χ4v) is 1.95. The van der Waals surface area contributed by atoms with Crippen molar-refractivity contribution < 1.29 is 9.94 Å². The van der Waals surface area contributed by atoms with Crippen molar-refractivity contribution in [2.75, 3.05) is 6.54 Å². The molecular weight excluding hydrogens is 170 g/mol. The van der Waals surface area contributed by atoms with E-state index in [4.69, 9.17) is 15.4 Å². The van der Waals surface area contributed by atoms with Crippen LogP contribution in [0.4, 0.5) is 0 Å². The highest BCUT2D eigenvalue weighted by molar-refractivity contribution is 5.11. The van der Waals surface area contributed by atoms with Gasteiger partial charge in [-0.2, -0.15) is 15.6 Å². The highest BCUT2D eigenvalue weighted by atomic mass is 16.7. The molecule has 3 unspecified atom stereocenters. The summed E-state index contributed by atoms with van der Waals surface area (Å²) in [5, 5.41) is 28.6. The zero-order valence-electron chi connectivity index (χ0n) is 6.92. The Hall–Kier alpha value is -1.14. The molecule has 0 spiro atoms. The molecule has 0 aliphatic carbocycles. The molecule has 5 nitrogen and oxygen atoms in total. The van der Waals surface area contributed by atoms with Crippen LogP contribution in [-0.2, 0) is 4.84 Å². The molecule has 13 heavy (non-hydrogen) atoms. The zero-order chi connectivity index (χ0) is 9.42. The van der Waals surface area contributed by atoms with Gasteiger partial charge in [-0.3, -0.25) is 4.84 Å². The lowest BCUT2D eigenvalue weighted by atomic mass is 9.94. The summed E-state index contributed by atoms with van der Waals surface area (Å²) >= 11 is 0. The summed E-state index contributed by atoms with van der Waals surface area (Å²) in [6.07, 6.45) is -0.644. The molecule has 0 aromatic heterocycles. The van der Waals surface area contributed by atoms with Crippen LogP contribution >= 0.6 is 0 Å². The van der Waals surface area contributed by atoms with Crippen LogP contribution in [0, 0.1) is 28.6 Å². The molecule has 1 N–H and O–H groups in total. The molecule has 4 atom stereocenters. The Morgan fingerprint density at radius 3 is 2.77 bits per heavy atom. The zero-order valence-corrected chi connectivity index (χ0v) is 6.92. The fraction of sp³-hybridized carbons (Fsp3) is 0.750. The smallest absolute Gasteiger partial charge is 0.183 e. The monoisotopic (exact) mass is 179 g/mol. The maximum absolute atomic E-state index is 9.53. The van der Waals surface area contributed by atoms with Gasteiger partial charge in [0.25, 0.3) is 0 Å². The predicted molar refractivity (Wildman–Crippen MR) is 40.7 cm³/mol. The largest absolute Gasteiger partial charge is 0.391 e. The molecule has 5 heteroatoms. The van der Waals surface area contributed by atoms with Crippen LogP contribution in [0.1, 0.15) is 6.42 Å². The molecule has 68 valence electrons. The lowest BCUT2D eigenvalue weighted by Crippen LogP contribution is -2.33. The Balaban J connectivity index is 2.23. The van der Waals surface area contributed by atoms with Gasteiger partial charge in [0, 0.05) is 6.54 Å². The molecule has 2 fully saturated rings. The second-order valence-electron chi connectivity index (χ2n) is 3.30. The molecular formula is C8H9N3O2. The van der Waals surface area contributed by atoms with Crippen molar-refractivity contribution in [1.82, 2.24) is 5.06 Å². The first-order valence-corrected chi connectivity index (χ1v) is 4.18. The minimum absolute atomic E-state index is 0.311. The van der Waals surface area contributed by atoms with Gasteiger partial charge < -0.3 is 5.11 Å². The third kappa shape index (κ3) is 1.10. The van der Waals surface area contributed by atoms with Crippen LogP contribution in [-0.4, -0.2) is 35.0 Å². The molecule has 0 radical (unpaired) electrons. The normalized spacial score (nSPS) is 43.9. The molecule has 0 saturated carbocycles. The van der Waals surface area contributed by atoms with Crippen LogP contribution < -0.4 is 0 Å².